The predicted molar refractivity (Wildman–Crippen MR) is 91.4 cm³/mol. The van der Waals surface area contributed by atoms with Gasteiger partial charge in [-0.05, 0) is 30.3 Å². The SMILES string of the molecule is COc1cccc(C(=O)Nc2nc(-c3ccc(Cl)s3)cs2)c1. The van der Waals surface area contributed by atoms with Gasteiger partial charge in [-0.2, -0.15) is 0 Å². The molecule has 1 N–H and O–H groups in total. The number of methoxy groups -OCH3 is 1. The number of anilines is 1. The van der Waals surface area contributed by atoms with E-state index in [-0.39, 0.29) is 5.91 Å². The van der Waals surface area contributed by atoms with E-state index in [4.69, 9.17) is 16.3 Å². The molecule has 0 aliphatic rings. The van der Waals surface area contributed by atoms with Gasteiger partial charge in [0.15, 0.2) is 5.13 Å². The zero-order valence-electron chi connectivity index (χ0n) is 11.5. The van der Waals surface area contributed by atoms with Crippen molar-refractivity contribution in [2.75, 3.05) is 12.4 Å². The fourth-order valence-corrected chi connectivity index (χ4v) is 3.61. The summed E-state index contributed by atoms with van der Waals surface area (Å²) >= 11 is 8.75. The minimum Gasteiger partial charge on any atom is -0.497 e. The van der Waals surface area contributed by atoms with Gasteiger partial charge in [0.2, 0.25) is 0 Å². The summed E-state index contributed by atoms with van der Waals surface area (Å²) in [6.07, 6.45) is 0. The number of nitrogens with one attached hydrogen (secondary N) is 1. The molecular formula is C15H11ClN2O2S2. The fourth-order valence-electron chi connectivity index (χ4n) is 1.83. The van der Waals surface area contributed by atoms with Crippen molar-refractivity contribution in [1.82, 2.24) is 4.98 Å². The summed E-state index contributed by atoms with van der Waals surface area (Å²) in [5.74, 6) is 0.421. The maximum absolute atomic E-state index is 12.2. The third-order valence-electron chi connectivity index (χ3n) is 2.88. The van der Waals surface area contributed by atoms with Crippen molar-refractivity contribution < 1.29 is 9.53 Å². The van der Waals surface area contributed by atoms with Crippen LogP contribution in [0.5, 0.6) is 5.75 Å². The van der Waals surface area contributed by atoms with Crippen molar-refractivity contribution in [3.05, 3.63) is 51.7 Å². The largest absolute Gasteiger partial charge is 0.497 e. The van der Waals surface area contributed by atoms with Crippen LogP contribution in [0.25, 0.3) is 10.6 Å². The van der Waals surface area contributed by atoms with E-state index in [0.29, 0.717) is 20.8 Å². The van der Waals surface area contributed by atoms with Gasteiger partial charge in [0.25, 0.3) is 5.91 Å². The molecule has 7 heteroatoms. The number of rotatable bonds is 4. The van der Waals surface area contributed by atoms with Gasteiger partial charge in [0.05, 0.1) is 22.0 Å². The summed E-state index contributed by atoms with van der Waals surface area (Å²) in [4.78, 5) is 17.6. The second kappa shape index (κ2) is 6.48. The lowest BCUT2D eigenvalue weighted by Gasteiger charge is -2.04. The van der Waals surface area contributed by atoms with E-state index in [2.05, 4.69) is 10.3 Å². The highest BCUT2D eigenvalue weighted by Crippen LogP contribution is 2.32. The topological polar surface area (TPSA) is 51.2 Å². The van der Waals surface area contributed by atoms with Gasteiger partial charge in [-0.25, -0.2) is 4.98 Å². The van der Waals surface area contributed by atoms with Gasteiger partial charge in [-0.3, -0.25) is 10.1 Å². The summed E-state index contributed by atoms with van der Waals surface area (Å²) in [6.45, 7) is 0. The summed E-state index contributed by atoms with van der Waals surface area (Å²) in [7, 11) is 1.57. The molecule has 1 amide bonds. The molecule has 3 rings (SSSR count). The average molecular weight is 351 g/mol. The van der Waals surface area contributed by atoms with Gasteiger partial charge in [-0.1, -0.05) is 17.7 Å². The highest BCUT2D eigenvalue weighted by atomic mass is 35.5. The van der Waals surface area contributed by atoms with Crippen LogP contribution in [0.1, 0.15) is 10.4 Å². The van der Waals surface area contributed by atoms with Crippen molar-refractivity contribution in [2.45, 2.75) is 0 Å². The highest BCUT2D eigenvalue weighted by molar-refractivity contribution is 7.20. The standard InChI is InChI=1S/C15H11ClN2O2S2/c1-20-10-4-2-3-9(7-10)14(19)18-15-17-11(8-21-15)12-5-6-13(16)22-12/h2-8H,1H3,(H,17,18,19). The zero-order chi connectivity index (χ0) is 15.5. The molecule has 0 unspecified atom stereocenters. The Bertz CT molecular complexity index is 813. The van der Waals surface area contributed by atoms with Crippen LogP contribution in [0.2, 0.25) is 4.34 Å². The number of thiophene rings is 1. The molecule has 0 atom stereocenters. The molecule has 2 aromatic heterocycles. The predicted octanol–water partition coefficient (Wildman–Crippen LogP) is 4.79. The van der Waals surface area contributed by atoms with Crippen molar-refractivity contribution in [1.29, 1.82) is 0 Å². The molecule has 0 bridgehead atoms. The van der Waals surface area contributed by atoms with Gasteiger partial charge in [-0.15, -0.1) is 22.7 Å². The average Bonchev–Trinajstić information content (AvgIpc) is 3.16. The molecule has 0 radical (unpaired) electrons. The zero-order valence-corrected chi connectivity index (χ0v) is 13.9. The number of ether oxygens (including phenoxy) is 1. The second-order valence-corrected chi connectivity index (χ2v) is 6.90. The van der Waals surface area contributed by atoms with Gasteiger partial charge < -0.3 is 4.74 Å². The molecule has 1 aromatic carbocycles. The smallest absolute Gasteiger partial charge is 0.257 e. The normalized spacial score (nSPS) is 10.5. The number of carbonyl (C=O) groups excluding carboxylic acids is 1. The third-order valence-corrected chi connectivity index (χ3v) is 4.89. The van der Waals surface area contributed by atoms with Crippen molar-refractivity contribution >= 4 is 45.3 Å². The van der Waals surface area contributed by atoms with Crippen LogP contribution in [-0.2, 0) is 0 Å². The molecule has 2 heterocycles. The lowest BCUT2D eigenvalue weighted by atomic mass is 10.2. The maximum atomic E-state index is 12.2. The number of amides is 1. The molecule has 112 valence electrons. The Morgan fingerprint density at radius 3 is 2.91 bits per heavy atom. The summed E-state index contributed by atoms with van der Waals surface area (Å²) < 4.78 is 5.83. The third kappa shape index (κ3) is 3.30. The lowest BCUT2D eigenvalue weighted by Crippen LogP contribution is -2.11. The Kier molecular flexibility index (Phi) is 4.42. The van der Waals surface area contributed by atoms with E-state index in [0.717, 1.165) is 10.6 Å². The Hall–Kier alpha value is -1.89. The number of nitrogens with zero attached hydrogens (tertiary/aromatic N) is 1. The Morgan fingerprint density at radius 2 is 2.18 bits per heavy atom. The van der Waals surface area contributed by atoms with Crippen LogP contribution in [0.4, 0.5) is 5.13 Å². The van der Waals surface area contributed by atoms with Crippen molar-refractivity contribution in [2.24, 2.45) is 0 Å². The number of hydrogen-bond acceptors (Lipinski definition) is 5. The van der Waals surface area contributed by atoms with Crippen LogP contribution in [0, 0.1) is 0 Å². The van der Waals surface area contributed by atoms with Gasteiger partial charge >= 0.3 is 0 Å². The van der Waals surface area contributed by atoms with Crippen molar-refractivity contribution in [3.63, 3.8) is 0 Å². The van der Waals surface area contributed by atoms with E-state index in [9.17, 15) is 4.79 Å². The van der Waals surface area contributed by atoms with E-state index >= 15 is 0 Å². The minimum atomic E-state index is -0.219. The quantitative estimate of drug-likeness (QED) is 0.736. The number of benzene rings is 1. The molecule has 0 fully saturated rings. The molecule has 0 saturated heterocycles. The Balaban J connectivity index is 1.75. The van der Waals surface area contributed by atoms with Crippen molar-refractivity contribution in [3.8, 4) is 16.3 Å². The first-order valence-corrected chi connectivity index (χ1v) is 8.40. The maximum Gasteiger partial charge on any atom is 0.257 e. The monoisotopic (exact) mass is 350 g/mol. The van der Waals surface area contributed by atoms with Crippen LogP contribution in [0.15, 0.2) is 41.8 Å². The van der Waals surface area contributed by atoms with E-state index < -0.39 is 0 Å². The van der Waals surface area contributed by atoms with Crippen LogP contribution >= 0.6 is 34.3 Å². The number of hydrogen-bond donors (Lipinski definition) is 1. The molecule has 0 aliphatic carbocycles. The molecule has 0 aliphatic heterocycles. The van der Waals surface area contributed by atoms with E-state index in [1.165, 1.54) is 22.7 Å². The Morgan fingerprint density at radius 1 is 1.32 bits per heavy atom. The summed E-state index contributed by atoms with van der Waals surface area (Å²) in [5.41, 5.74) is 1.33. The molecule has 22 heavy (non-hydrogen) atoms. The molecule has 3 aromatic rings. The summed E-state index contributed by atoms with van der Waals surface area (Å²) in [6, 6.07) is 10.7. The van der Waals surface area contributed by atoms with E-state index in [1.807, 2.05) is 17.5 Å². The molecule has 0 saturated carbocycles. The van der Waals surface area contributed by atoms with Crippen LogP contribution in [-0.4, -0.2) is 18.0 Å². The first kappa shape index (κ1) is 15.0. The van der Waals surface area contributed by atoms with Gasteiger partial charge in [0.1, 0.15) is 5.75 Å². The Labute approximate surface area is 140 Å². The summed E-state index contributed by atoms with van der Waals surface area (Å²) in [5, 5.41) is 5.23. The molecular weight excluding hydrogens is 340 g/mol. The van der Waals surface area contributed by atoms with Crippen LogP contribution in [0.3, 0.4) is 0 Å². The number of carbonyl (C=O) groups is 1. The number of thiazole rings is 1. The molecule has 4 nitrogen and oxygen atoms in total. The first-order chi connectivity index (χ1) is 10.7. The van der Waals surface area contributed by atoms with Crippen LogP contribution < -0.4 is 10.1 Å². The lowest BCUT2D eigenvalue weighted by molar-refractivity contribution is 0.102. The number of aromatic nitrogens is 1. The minimum absolute atomic E-state index is 0.219. The fraction of sp³-hybridized carbons (Fsp3) is 0.0667. The van der Waals surface area contributed by atoms with E-state index in [1.54, 1.807) is 31.4 Å². The molecule has 0 spiro atoms. The second-order valence-electron chi connectivity index (χ2n) is 4.33. The highest BCUT2D eigenvalue weighted by Gasteiger charge is 2.11. The first-order valence-electron chi connectivity index (χ1n) is 6.32. The van der Waals surface area contributed by atoms with Gasteiger partial charge in [0, 0.05) is 10.9 Å². The number of halogens is 1.